The highest BCUT2D eigenvalue weighted by Crippen LogP contribution is 2.45. The van der Waals surface area contributed by atoms with Crippen LogP contribution in [0.2, 0.25) is 0 Å². The second-order valence-electron chi connectivity index (χ2n) is 13.9. The van der Waals surface area contributed by atoms with Crippen molar-refractivity contribution in [3.8, 4) is 11.5 Å². The van der Waals surface area contributed by atoms with Gasteiger partial charge in [0.15, 0.2) is 11.5 Å². The van der Waals surface area contributed by atoms with Crippen LogP contribution in [-0.2, 0) is 0 Å². The monoisotopic (exact) mass is 612 g/mol. The summed E-state index contributed by atoms with van der Waals surface area (Å²) in [4.78, 5) is 17.9. The second kappa shape index (κ2) is 13.5. The van der Waals surface area contributed by atoms with Crippen LogP contribution in [0.4, 0.5) is 0 Å². The summed E-state index contributed by atoms with van der Waals surface area (Å²) >= 11 is 0. The van der Waals surface area contributed by atoms with E-state index in [-0.39, 0.29) is 29.1 Å². The van der Waals surface area contributed by atoms with Gasteiger partial charge in [0, 0.05) is 36.5 Å². The molecule has 2 saturated carbocycles. The quantitative estimate of drug-likeness (QED) is 0.283. The molecule has 3 aliphatic rings. The maximum absolute atomic E-state index is 13.3. The number of hydrogen-bond acceptors (Lipinski definition) is 6. The normalized spacial score (nSPS) is 20.4. The first kappa shape index (κ1) is 33.0. The van der Waals surface area contributed by atoms with Crippen LogP contribution in [0.1, 0.15) is 98.8 Å². The third-order valence-electron chi connectivity index (χ3n) is 10.3. The number of ether oxygens (including phenoxy) is 2. The van der Waals surface area contributed by atoms with Crippen molar-refractivity contribution >= 4 is 5.91 Å². The molecule has 0 aromatic heterocycles. The summed E-state index contributed by atoms with van der Waals surface area (Å²) in [6.07, 6.45) is 9.53. The highest BCUT2D eigenvalue weighted by Gasteiger charge is 2.45. The summed E-state index contributed by atoms with van der Waals surface area (Å²) < 4.78 is 11.6. The van der Waals surface area contributed by atoms with Crippen LogP contribution in [-0.4, -0.2) is 60.8 Å². The molecule has 0 spiro atoms. The number of nitrogens with one attached hydrogen (secondary N) is 1. The van der Waals surface area contributed by atoms with Gasteiger partial charge in [0.1, 0.15) is 0 Å². The number of carbonyl (C=O) groups excluding carboxylic acids is 1. The largest absolute Gasteiger partial charge is 0.449 e. The molecule has 3 N–H and O–H groups in total. The van der Waals surface area contributed by atoms with E-state index in [0.29, 0.717) is 17.1 Å². The fourth-order valence-corrected chi connectivity index (χ4v) is 7.73. The van der Waals surface area contributed by atoms with Gasteiger partial charge in [-0.1, -0.05) is 86.3 Å². The van der Waals surface area contributed by atoms with Crippen LogP contribution in [0, 0.1) is 0 Å². The number of benzene rings is 3. The van der Waals surface area contributed by atoms with E-state index in [1.165, 1.54) is 44.1 Å². The van der Waals surface area contributed by atoms with Gasteiger partial charge in [-0.2, -0.15) is 0 Å². The van der Waals surface area contributed by atoms with Crippen molar-refractivity contribution in [2.75, 3.05) is 28.2 Å². The van der Waals surface area contributed by atoms with E-state index in [1.807, 2.05) is 44.2 Å². The maximum Gasteiger partial charge on any atom is 0.251 e. The highest BCUT2D eigenvalue weighted by molar-refractivity contribution is 5.95. The molecule has 2 atom stereocenters. The molecule has 0 bridgehead atoms. The number of nitrogens with two attached hydrogens (primary N) is 1. The van der Waals surface area contributed by atoms with Gasteiger partial charge in [-0.3, -0.25) is 4.79 Å². The van der Waals surface area contributed by atoms with Gasteiger partial charge in [0.2, 0.25) is 5.79 Å². The number of carbonyl (C=O) groups is 1. The summed E-state index contributed by atoms with van der Waals surface area (Å²) in [6, 6.07) is 26.2. The lowest BCUT2D eigenvalue weighted by atomic mass is 9.82. The molecule has 2 aliphatic carbocycles. The van der Waals surface area contributed by atoms with Gasteiger partial charge in [-0.25, -0.2) is 0 Å². The average molecular weight is 613 g/mol. The molecule has 7 nitrogen and oxygen atoms in total. The summed E-state index contributed by atoms with van der Waals surface area (Å²) in [5.41, 5.74) is 9.56. The van der Waals surface area contributed by atoms with Crippen molar-refractivity contribution in [3.63, 3.8) is 0 Å². The molecule has 2 fully saturated rings. The molecule has 3 aromatic carbocycles. The number of nitrogens with zero attached hydrogens (tertiary/aromatic N) is 2. The first-order chi connectivity index (χ1) is 21.5. The maximum atomic E-state index is 13.3. The smallest absolute Gasteiger partial charge is 0.251 e. The molecular formula is C38H52N4O3. The molecule has 1 amide bonds. The third-order valence-corrected chi connectivity index (χ3v) is 10.3. The van der Waals surface area contributed by atoms with Crippen molar-refractivity contribution in [2.45, 2.75) is 94.2 Å². The lowest BCUT2D eigenvalue weighted by Crippen LogP contribution is -2.53. The number of amides is 1. The summed E-state index contributed by atoms with van der Waals surface area (Å²) in [5.74, 6) is 0.486. The van der Waals surface area contributed by atoms with Gasteiger partial charge in [0.05, 0.1) is 6.04 Å². The molecule has 2 unspecified atom stereocenters. The van der Waals surface area contributed by atoms with Crippen LogP contribution < -0.4 is 20.5 Å². The predicted molar refractivity (Wildman–Crippen MR) is 182 cm³/mol. The lowest BCUT2D eigenvalue weighted by molar-refractivity contribution is -0.0431. The molecule has 1 aliphatic heterocycles. The van der Waals surface area contributed by atoms with E-state index in [9.17, 15) is 4.79 Å². The Morgan fingerprint density at radius 2 is 1.20 bits per heavy atom. The first-order valence-electron chi connectivity index (χ1n) is 16.5. The summed E-state index contributed by atoms with van der Waals surface area (Å²) in [5, 5.41) is 3.35. The van der Waals surface area contributed by atoms with Crippen molar-refractivity contribution in [2.24, 2.45) is 5.73 Å². The minimum Gasteiger partial charge on any atom is -0.449 e. The molecule has 242 valence electrons. The van der Waals surface area contributed by atoms with Crippen molar-refractivity contribution in [1.82, 2.24) is 15.1 Å². The Morgan fingerprint density at radius 3 is 1.73 bits per heavy atom. The fourth-order valence-electron chi connectivity index (χ4n) is 7.73. The van der Waals surface area contributed by atoms with E-state index >= 15 is 0 Å². The Labute approximate surface area is 270 Å². The van der Waals surface area contributed by atoms with Gasteiger partial charge < -0.3 is 30.3 Å². The minimum atomic E-state index is -0.706. The van der Waals surface area contributed by atoms with Gasteiger partial charge >= 0.3 is 0 Å². The average Bonchev–Trinajstić information content (AvgIpc) is 3.79. The van der Waals surface area contributed by atoms with Crippen LogP contribution in [0.3, 0.4) is 0 Å². The Morgan fingerprint density at radius 1 is 0.711 bits per heavy atom. The Kier molecular flexibility index (Phi) is 9.92. The Bertz CT molecular complexity index is 1410. The van der Waals surface area contributed by atoms with Gasteiger partial charge in [0.25, 0.3) is 5.91 Å². The summed E-state index contributed by atoms with van der Waals surface area (Å²) in [7, 11) is 8.56. The number of rotatable bonds is 8. The van der Waals surface area contributed by atoms with E-state index < -0.39 is 5.79 Å². The highest BCUT2D eigenvalue weighted by atomic mass is 16.7. The first-order valence-corrected chi connectivity index (χ1v) is 16.5. The molecule has 0 saturated heterocycles. The molecule has 6 rings (SSSR count). The van der Waals surface area contributed by atoms with Crippen LogP contribution in [0.5, 0.6) is 11.5 Å². The van der Waals surface area contributed by atoms with E-state index in [1.54, 1.807) is 12.1 Å². The van der Waals surface area contributed by atoms with E-state index in [4.69, 9.17) is 15.2 Å². The number of fused-ring (bicyclic) bond motifs is 1. The van der Waals surface area contributed by atoms with E-state index in [0.717, 1.165) is 18.4 Å². The molecule has 7 heteroatoms. The lowest BCUT2D eigenvalue weighted by Gasteiger charge is -2.44. The predicted octanol–water partition coefficient (Wildman–Crippen LogP) is 7.10. The van der Waals surface area contributed by atoms with Crippen molar-refractivity contribution < 1.29 is 14.3 Å². The Balaban J connectivity index is 0.000000211. The van der Waals surface area contributed by atoms with Crippen LogP contribution >= 0.6 is 0 Å². The fraction of sp³-hybridized carbons (Fsp3) is 0.500. The SMILES string of the molecule is CN(C)C1(C(N)c2ccccc2)CCCC1.CN(C)C1(C(NC(=O)c2ccc3c(c2)OC(C)(C)O3)c2ccccc2)CCCC1. The zero-order valence-corrected chi connectivity index (χ0v) is 28.0. The second-order valence-corrected chi connectivity index (χ2v) is 13.9. The molecule has 1 heterocycles. The van der Waals surface area contributed by atoms with Crippen molar-refractivity contribution in [3.05, 3.63) is 95.6 Å². The van der Waals surface area contributed by atoms with Crippen LogP contribution in [0.25, 0.3) is 0 Å². The summed E-state index contributed by atoms with van der Waals surface area (Å²) in [6.45, 7) is 3.72. The molecule has 0 radical (unpaired) electrons. The Hall–Kier alpha value is -3.39. The molecule has 45 heavy (non-hydrogen) atoms. The van der Waals surface area contributed by atoms with Crippen molar-refractivity contribution in [1.29, 1.82) is 0 Å². The standard InChI is InChI=1S/C24H30N2O3.C14H22N2/c1-23(2)28-19-13-12-18(16-20(19)29-23)22(27)25-21(17-10-6-5-7-11-17)24(26(3)4)14-8-9-15-24;1-16(2)14(10-6-7-11-14)13(15)12-8-4-3-5-9-12/h5-7,10-13,16,21H,8-9,14-15H2,1-4H3,(H,25,27);3-5,8-9,13H,6-7,10-11,15H2,1-2H3. The molecule has 3 aromatic rings. The van der Waals surface area contributed by atoms with Crippen LogP contribution in [0.15, 0.2) is 78.9 Å². The zero-order valence-electron chi connectivity index (χ0n) is 28.0. The van der Waals surface area contributed by atoms with Gasteiger partial charge in [-0.15, -0.1) is 0 Å². The molecular weight excluding hydrogens is 560 g/mol. The minimum absolute atomic E-state index is 0.0874. The van der Waals surface area contributed by atoms with E-state index in [2.05, 4.69) is 79.7 Å². The topological polar surface area (TPSA) is 80.1 Å². The van der Waals surface area contributed by atoms with Gasteiger partial charge in [-0.05, 0) is 83.2 Å². The number of hydrogen-bond donors (Lipinski definition) is 2. The number of likely N-dealkylation sites (N-methyl/N-ethyl adjacent to an activating group) is 2. The zero-order chi connectivity index (χ0) is 32.2. The third kappa shape index (κ3) is 6.91.